The van der Waals surface area contributed by atoms with E-state index in [1.165, 1.54) is 6.42 Å². The quantitative estimate of drug-likeness (QED) is 0.847. The Morgan fingerprint density at radius 2 is 1.22 bits per heavy atom. The summed E-state index contributed by atoms with van der Waals surface area (Å²) in [6.45, 7) is 4.61. The van der Waals surface area contributed by atoms with Gasteiger partial charge in [-0.05, 0) is 55.4 Å². The summed E-state index contributed by atoms with van der Waals surface area (Å²) in [6, 6.07) is 20.1. The molecule has 0 amide bonds. The van der Waals surface area contributed by atoms with E-state index in [2.05, 4.69) is 18.9 Å². The molecule has 2 aromatic rings. The van der Waals surface area contributed by atoms with Crippen molar-refractivity contribution in [2.45, 2.75) is 39.2 Å². The Morgan fingerprint density at radius 1 is 0.783 bits per heavy atom. The molecule has 0 aromatic heterocycles. The lowest BCUT2D eigenvalue weighted by atomic mass is 9.81. The summed E-state index contributed by atoms with van der Waals surface area (Å²) < 4.78 is 14.0. The lowest BCUT2D eigenvalue weighted by Crippen LogP contribution is -2.39. The Balaban J connectivity index is 1.95. The van der Waals surface area contributed by atoms with Crippen LogP contribution >= 0.6 is 7.29 Å². The molecule has 1 fully saturated rings. The summed E-state index contributed by atoms with van der Waals surface area (Å²) in [7, 11) is -2.80. The molecule has 0 bridgehead atoms. The Morgan fingerprint density at radius 3 is 1.65 bits per heavy atom. The lowest BCUT2D eigenvalue weighted by Gasteiger charge is -2.35. The van der Waals surface area contributed by atoms with Gasteiger partial charge in [-0.2, -0.15) is 0 Å². The average molecular weight is 327 g/mol. The molecule has 0 saturated heterocycles. The Labute approximate surface area is 139 Å². The van der Waals surface area contributed by atoms with E-state index in [-0.39, 0.29) is 0 Å². The van der Waals surface area contributed by atoms with Crippen LogP contribution in [0.4, 0.5) is 0 Å². The van der Waals surface area contributed by atoms with Crippen molar-refractivity contribution in [2.75, 3.05) is 0 Å². The van der Waals surface area contributed by atoms with E-state index in [4.69, 9.17) is 0 Å². The Kier molecular flexibility index (Phi) is 5.04. The summed E-state index contributed by atoms with van der Waals surface area (Å²) in [4.78, 5) is 0. The van der Waals surface area contributed by atoms with Gasteiger partial charge in [-0.15, -0.1) is 0 Å². The maximum absolute atomic E-state index is 14.0. The Bertz CT molecular complexity index is 617. The maximum atomic E-state index is 14.0. The van der Waals surface area contributed by atoms with Crippen LogP contribution in [-0.4, -0.2) is 6.04 Å². The van der Waals surface area contributed by atoms with Gasteiger partial charge in [-0.3, -0.25) is 9.65 Å². The predicted molar refractivity (Wildman–Crippen MR) is 98.9 cm³/mol. The molecule has 23 heavy (non-hydrogen) atoms. The zero-order valence-corrected chi connectivity index (χ0v) is 14.9. The molecule has 1 aliphatic carbocycles. The molecule has 3 rings (SSSR count). The van der Waals surface area contributed by atoms with Crippen molar-refractivity contribution in [3.05, 3.63) is 60.7 Å². The van der Waals surface area contributed by atoms with Gasteiger partial charge in [0.15, 0.2) is 0 Å². The zero-order valence-electron chi connectivity index (χ0n) is 14.0. The van der Waals surface area contributed by atoms with Crippen LogP contribution in [0.2, 0.25) is 0 Å². The van der Waals surface area contributed by atoms with Crippen LogP contribution in [0.5, 0.6) is 0 Å². The SMILES string of the molecule is CC1CC(C)CC(NP(=O)(c2ccccc2)c2ccccc2)C1. The van der Waals surface area contributed by atoms with E-state index in [1.54, 1.807) is 0 Å². The molecule has 122 valence electrons. The van der Waals surface area contributed by atoms with Crippen LogP contribution in [0.25, 0.3) is 0 Å². The monoisotopic (exact) mass is 327 g/mol. The number of hydrogen-bond acceptors (Lipinski definition) is 1. The topological polar surface area (TPSA) is 29.1 Å². The average Bonchev–Trinajstić information content (AvgIpc) is 2.55. The molecule has 2 nitrogen and oxygen atoms in total. The van der Waals surface area contributed by atoms with Crippen LogP contribution in [0.1, 0.15) is 33.1 Å². The van der Waals surface area contributed by atoms with Crippen molar-refractivity contribution in [2.24, 2.45) is 11.8 Å². The van der Waals surface area contributed by atoms with E-state index in [9.17, 15) is 4.57 Å². The summed E-state index contributed by atoms with van der Waals surface area (Å²) in [5.74, 6) is 1.38. The highest BCUT2D eigenvalue weighted by Crippen LogP contribution is 2.42. The first-order chi connectivity index (χ1) is 11.1. The highest BCUT2D eigenvalue weighted by molar-refractivity contribution is 7.76. The predicted octanol–water partition coefficient (Wildman–Crippen LogP) is 4.33. The fourth-order valence-corrected chi connectivity index (χ4v) is 6.39. The largest absolute Gasteiger partial charge is 0.297 e. The molecule has 1 N–H and O–H groups in total. The van der Waals surface area contributed by atoms with Crippen molar-refractivity contribution < 1.29 is 4.57 Å². The van der Waals surface area contributed by atoms with Crippen LogP contribution in [-0.2, 0) is 4.57 Å². The van der Waals surface area contributed by atoms with Gasteiger partial charge >= 0.3 is 0 Å². The zero-order chi connectivity index (χ0) is 16.3. The normalized spacial score (nSPS) is 25.2. The van der Waals surface area contributed by atoms with Gasteiger partial charge in [-0.1, -0.05) is 50.2 Å². The van der Waals surface area contributed by atoms with E-state index < -0.39 is 7.29 Å². The minimum absolute atomic E-state index is 0.319. The number of hydrogen-bond donors (Lipinski definition) is 1. The third-order valence-electron chi connectivity index (χ3n) is 4.78. The van der Waals surface area contributed by atoms with Gasteiger partial charge in [-0.25, -0.2) is 0 Å². The molecule has 2 aromatic carbocycles. The van der Waals surface area contributed by atoms with Gasteiger partial charge in [0.1, 0.15) is 0 Å². The summed E-state index contributed by atoms with van der Waals surface area (Å²) in [6.07, 6.45) is 3.49. The highest BCUT2D eigenvalue weighted by Gasteiger charge is 2.33. The molecule has 0 aliphatic heterocycles. The molecular weight excluding hydrogens is 301 g/mol. The van der Waals surface area contributed by atoms with Crippen molar-refractivity contribution >= 4 is 17.9 Å². The standard InChI is InChI=1S/C20H26NOP/c1-16-13-17(2)15-18(14-16)21-23(22,19-9-5-3-6-10-19)20-11-7-4-8-12-20/h3-12,16-18H,13-15H2,1-2H3,(H,21,22). The van der Waals surface area contributed by atoms with Crippen LogP contribution in [0.3, 0.4) is 0 Å². The first-order valence-electron chi connectivity index (χ1n) is 8.57. The molecule has 0 heterocycles. The van der Waals surface area contributed by atoms with Gasteiger partial charge in [0.05, 0.1) is 0 Å². The second-order valence-electron chi connectivity index (χ2n) is 7.02. The minimum atomic E-state index is -2.80. The van der Waals surface area contributed by atoms with Crippen molar-refractivity contribution in [3.8, 4) is 0 Å². The molecule has 1 saturated carbocycles. The number of nitrogens with one attached hydrogen (secondary N) is 1. The third-order valence-corrected chi connectivity index (χ3v) is 7.56. The summed E-state index contributed by atoms with van der Waals surface area (Å²) in [5.41, 5.74) is 0. The second-order valence-corrected chi connectivity index (χ2v) is 9.53. The van der Waals surface area contributed by atoms with Crippen molar-refractivity contribution in [1.29, 1.82) is 0 Å². The van der Waals surface area contributed by atoms with Gasteiger partial charge in [0, 0.05) is 16.7 Å². The van der Waals surface area contributed by atoms with Gasteiger partial charge < -0.3 is 0 Å². The number of rotatable bonds is 4. The van der Waals surface area contributed by atoms with E-state index in [0.29, 0.717) is 17.9 Å². The summed E-state index contributed by atoms with van der Waals surface area (Å²) in [5, 5.41) is 5.38. The smallest absolute Gasteiger partial charge is 0.204 e. The summed E-state index contributed by atoms with van der Waals surface area (Å²) >= 11 is 0. The lowest BCUT2D eigenvalue weighted by molar-refractivity contribution is 0.258. The molecule has 0 radical (unpaired) electrons. The first-order valence-corrected chi connectivity index (χ1v) is 10.3. The second kappa shape index (κ2) is 7.03. The van der Waals surface area contributed by atoms with Crippen LogP contribution < -0.4 is 15.7 Å². The Hall–Kier alpha value is -1.37. The molecule has 2 unspecified atom stereocenters. The number of benzene rings is 2. The third kappa shape index (κ3) is 3.76. The molecule has 1 aliphatic rings. The fourth-order valence-electron chi connectivity index (χ4n) is 3.88. The van der Waals surface area contributed by atoms with Gasteiger partial charge in [0.25, 0.3) is 0 Å². The van der Waals surface area contributed by atoms with E-state index in [0.717, 1.165) is 23.5 Å². The molecular formula is C20H26NOP. The molecule has 3 heteroatoms. The van der Waals surface area contributed by atoms with E-state index >= 15 is 0 Å². The fraction of sp³-hybridized carbons (Fsp3) is 0.400. The maximum Gasteiger partial charge on any atom is 0.204 e. The van der Waals surface area contributed by atoms with Crippen LogP contribution in [0, 0.1) is 11.8 Å². The highest BCUT2D eigenvalue weighted by atomic mass is 31.2. The van der Waals surface area contributed by atoms with E-state index in [1.807, 2.05) is 60.7 Å². The molecule has 0 spiro atoms. The minimum Gasteiger partial charge on any atom is -0.297 e. The first kappa shape index (κ1) is 16.5. The van der Waals surface area contributed by atoms with Gasteiger partial charge in [0.2, 0.25) is 7.29 Å². The van der Waals surface area contributed by atoms with Crippen molar-refractivity contribution in [1.82, 2.24) is 5.09 Å². The van der Waals surface area contributed by atoms with Crippen molar-refractivity contribution in [3.63, 3.8) is 0 Å². The van der Waals surface area contributed by atoms with Crippen LogP contribution in [0.15, 0.2) is 60.7 Å². The molecule has 2 atom stereocenters.